The number of benzene rings is 2. The van der Waals surface area contributed by atoms with Crippen LogP contribution in [0.4, 0.5) is 0 Å². The highest BCUT2D eigenvalue weighted by atomic mass is 32.2. The Morgan fingerprint density at radius 2 is 1.57 bits per heavy atom. The first kappa shape index (κ1) is 32.9. The molecule has 3 fully saturated rings. The molecule has 1 unspecified atom stereocenters. The van der Waals surface area contributed by atoms with Crippen LogP contribution in [0, 0.1) is 5.92 Å². The number of aryl methyl sites for hydroxylation is 1. The molecule has 0 bridgehead atoms. The van der Waals surface area contributed by atoms with Crippen LogP contribution in [0.25, 0.3) is 0 Å². The summed E-state index contributed by atoms with van der Waals surface area (Å²) in [6.45, 7) is 6.47. The highest BCUT2D eigenvalue weighted by Crippen LogP contribution is 2.46. The molecular weight excluding hydrogens is 568 g/mol. The van der Waals surface area contributed by atoms with E-state index < -0.39 is 21.5 Å². The zero-order chi connectivity index (χ0) is 31.2. The van der Waals surface area contributed by atoms with E-state index in [0.29, 0.717) is 54.8 Å². The molecule has 2 saturated carbocycles. The topological polar surface area (TPSA) is 89.7 Å². The number of hydrogen-bond donors (Lipinski definition) is 1. The molecule has 1 amide bonds. The Morgan fingerprint density at radius 1 is 0.909 bits per heavy atom. The number of unbranched alkanes of at least 4 members (excludes halogenated alkanes) is 1. The molecule has 0 radical (unpaired) electrons. The summed E-state index contributed by atoms with van der Waals surface area (Å²) in [7, 11) is -1.51. The first-order valence-corrected chi connectivity index (χ1v) is 18.3. The molecule has 0 spiro atoms. The lowest BCUT2D eigenvalue weighted by Gasteiger charge is -2.41. The van der Waals surface area contributed by atoms with Gasteiger partial charge in [0.05, 0.1) is 17.4 Å². The van der Waals surface area contributed by atoms with Crippen LogP contribution in [0.1, 0.15) is 108 Å². The van der Waals surface area contributed by atoms with Crippen molar-refractivity contribution in [2.75, 3.05) is 19.7 Å². The standard InChI is InChI=1S/C37H52N2O4S/c1-3-5-20-36(30-10-8-28(4-2)9-11-30)21-18-29(19-22-36)34(40)7-6-27-43-32-14-16-33(17-15-32)44(42)37(35(38)41)23-25-39(26-24-37)31-12-13-31/h8-11,14-17,29,31H,3-7,12-13,18-27H2,1-2H3,(H2,38,41). The molecule has 2 aromatic rings. The Morgan fingerprint density at radius 3 is 2.14 bits per heavy atom. The van der Waals surface area contributed by atoms with Crippen molar-refractivity contribution in [3.8, 4) is 5.75 Å². The number of rotatable bonds is 15. The zero-order valence-electron chi connectivity index (χ0n) is 26.9. The molecule has 44 heavy (non-hydrogen) atoms. The molecule has 5 rings (SSSR count). The SMILES string of the molecule is CCCCC1(c2ccc(CC)cc2)CCC(C(=O)CCCOc2ccc(S(=O)C3(C(N)=O)CCN(C4CC4)CC3)cc2)CC1. The van der Waals surface area contributed by atoms with Gasteiger partial charge in [-0.15, -0.1) is 0 Å². The van der Waals surface area contributed by atoms with Crippen molar-refractivity contribution in [2.45, 2.75) is 125 Å². The van der Waals surface area contributed by atoms with Gasteiger partial charge in [-0.05, 0) is 111 Å². The molecule has 6 nitrogen and oxygen atoms in total. The third-order valence-corrected chi connectivity index (χ3v) is 12.7. The van der Waals surface area contributed by atoms with Crippen LogP contribution in [-0.2, 0) is 32.2 Å². The molecule has 2 N–H and O–H groups in total. The number of ketones is 1. The van der Waals surface area contributed by atoms with E-state index in [1.54, 1.807) is 12.1 Å². The van der Waals surface area contributed by atoms with Crippen LogP contribution in [0.2, 0.25) is 0 Å². The fourth-order valence-electron chi connectivity index (χ4n) is 7.52. The molecule has 1 aliphatic heterocycles. The van der Waals surface area contributed by atoms with Crippen LogP contribution in [-0.4, -0.2) is 51.3 Å². The van der Waals surface area contributed by atoms with Crippen molar-refractivity contribution in [3.63, 3.8) is 0 Å². The highest BCUT2D eigenvalue weighted by molar-refractivity contribution is 7.87. The van der Waals surface area contributed by atoms with Crippen LogP contribution >= 0.6 is 0 Å². The maximum atomic E-state index is 13.6. The summed E-state index contributed by atoms with van der Waals surface area (Å²) >= 11 is 0. The van der Waals surface area contributed by atoms with Gasteiger partial charge in [-0.1, -0.05) is 51.0 Å². The summed E-state index contributed by atoms with van der Waals surface area (Å²) < 4.78 is 18.5. The van der Waals surface area contributed by atoms with Crippen LogP contribution in [0.5, 0.6) is 5.75 Å². The fourth-order valence-corrected chi connectivity index (χ4v) is 9.09. The molecule has 2 aromatic carbocycles. The predicted octanol–water partition coefficient (Wildman–Crippen LogP) is 6.89. The minimum atomic E-state index is -1.51. The normalized spacial score (nSPS) is 24.5. The van der Waals surface area contributed by atoms with E-state index in [1.165, 1.54) is 43.2 Å². The number of primary amides is 1. The second-order valence-corrected chi connectivity index (χ2v) is 15.3. The highest BCUT2D eigenvalue weighted by Gasteiger charge is 2.48. The van der Waals surface area contributed by atoms with Gasteiger partial charge < -0.3 is 15.4 Å². The Balaban J connectivity index is 1.07. The van der Waals surface area contributed by atoms with E-state index in [2.05, 4.69) is 43.0 Å². The minimum absolute atomic E-state index is 0.155. The van der Waals surface area contributed by atoms with Gasteiger partial charge in [0.2, 0.25) is 5.91 Å². The van der Waals surface area contributed by atoms with Gasteiger partial charge in [0.1, 0.15) is 16.3 Å². The fraction of sp³-hybridized carbons (Fsp3) is 0.622. The summed E-state index contributed by atoms with van der Waals surface area (Å²) in [6, 6.07) is 17.1. The number of carbonyl (C=O) groups is 2. The van der Waals surface area contributed by atoms with Gasteiger partial charge in [0.15, 0.2) is 0 Å². The third kappa shape index (κ3) is 7.47. The second kappa shape index (κ2) is 14.7. The molecule has 240 valence electrons. The lowest BCUT2D eigenvalue weighted by Crippen LogP contribution is -2.55. The van der Waals surface area contributed by atoms with E-state index >= 15 is 0 Å². The smallest absolute Gasteiger partial charge is 0.236 e. The first-order valence-electron chi connectivity index (χ1n) is 17.1. The van der Waals surface area contributed by atoms with E-state index in [0.717, 1.165) is 45.2 Å². The van der Waals surface area contributed by atoms with Gasteiger partial charge in [-0.2, -0.15) is 0 Å². The zero-order valence-corrected chi connectivity index (χ0v) is 27.7. The monoisotopic (exact) mass is 620 g/mol. The summed E-state index contributed by atoms with van der Waals surface area (Å²) in [4.78, 5) is 28.7. The van der Waals surface area contributed by atoms with Crippen molar-refractivity contribution in [2.24, 2.45) is 11.7 Å². The van der Waals surface area contributed by atoms with Crippen LogP contribution < -0.4 is 10.5 Å². The molecule has 0 aromatic heterocycles. The number of nitrogens with zero attached hydrogens (tertiary/aromatic N) is 1. The summed E-state index contributed by atoms with van der Waals surface area (Å²) in [5.74, 6) is 0.741. The summed E-state index contributed by atoms with van der Waals surface area (Å²) in [6.07, 6.45) is 13.6. The molecule has 2 aliphatic carbocycles. The van der Waals surface area contributed by atoms with Crippen molar-refractivity contribution in [1.29, 1.82) is 0 Å². The van der Waals surface area contributed by atoms with Crippen LogP contribution in [0.3, 0.4) is 0 Å². The molecule has 1 heterocycles. The largest absolute Gasteiger partial charge is 0.494 e. The number of nitrogens with two attached hydrogens (primary N) is 1. The Kier molecular flexibility index (Phi) is 11.0. The number of amides is 1. The maximum absolute atomic E-state index is 13.6. The molecule has 1 atom stereocenters. The van der Waals surface area contributed by atoms with E-state index in [4.69, 9.17) is 10.5 Å². The molecule has 1 saturated heterocycles. The third-order valence-electron chi connectivity index (χ3n) is 10.7. The van der Waals surface area contributed by atoms with Crippen molar-refractivity contribution in [3.05, 3.63) is 59.7 Å². The lowest BCUT2D eigenvalue weighted by molar-refractivity contribution is -0.124. The quantitative estimate of drug-likeness (QED) is 0.219. The van der Waals surface area contributed by atoms with Crippen molar-refractivity contribution < 1.29 is 18.5 Å². The molecular formula is C37H52N2O4S. The van der Waals surface area contributed by atoms with Crippen molar-refractivity contribution >= 4 is 22.5 Å². The number of piperidine rings is 1. The van der Waals surface area contributed by atoms with Gasteiger partial charge in [0, 0.05) is 36.4 Å². The van der Waals surface area contributed by atoms with E-state index in [1.807, 2.05) is 12.1 Å². The molecule has 7 heteroatoms. The number of ether oxygens (including phenoxy) is 1. The minimum Gasteiger partial charge on any atom is -0.494 e. The van der Waals surface area contributed by atoms with E-state index in [-0.39, 0.29) is 11.3 Å². The predicted molar refractivity (Wildman–Crippen MR) is 177 cm³/mol. The number of hydrogen-bond acceptors (Lipinski definition) is 5. The van der Waals surface area contributed by atoms with E-state index in [9.17, 15) is 13.8 Å². The number of Topliss-reactive ketones (excluding diaryl/α,β-unsaturated/α-hetero) is 1. The van der Waals surface area contributed by atoms with Gasteiger partial charge >= 0.3 is 0 Å². The summed E-state index contributed by atoms with van der Waals surface area (Å²) in [5, 5.41) is 0. The number of likely N-dealkylation sites (tertiary alicyclic amines) is 1. The second-order valence-electron chi connectivity index (χ2n) is 13.5. The lowest BCUT2D eigenvalue weighted by atomic mass is 9.63. The van der Waals surface area contributed by atoms with Crippen LogP contribution in [0.15, 0.2) is 53.4 Å². The Labute approximate surface area is 267 Å². The summed E-state index contributed by atoms with van der Waals surface area (Å²) in [5.41, 5.74) is 8.89. The Bertz CT molecular complexity index is 1270. The molecule has 3 aliphatic rings. The average molecular weight is 621 g/mol. The maximum Gasteiger partial charge on any atom is 0.236 e. The van der Waals surface area contributed by atoms with Gasteiger partial charge in [-0.3, -0.25) is 13.8 Å². The first-order chi connectivity index (χ1) is 21.3. The van der Waals surface area contributed by atoms with Gasteiger partial charge in [-0.25, -0.2) is 0 Å². The van der Waals surface area contributed by atoms with Gasteiger partial charge in [0.25, 0.3) is 0 Å². The average Bonchev–Trinajstić information content (AvgIpc) is 3.92. The van der Waals surface area contributed by atoms with Crippen molar-refractivity contribution in [1.82, 2.24) is 4.90 Å². The number of carbonyl (C=O) groups excluding carboxylic acids is 2. The Hall–Kier alpha value is -2.51.